The number of hydrogen-bond acceptors (Lipinski definition) is 32. The summed E-state index contributed by atoms with van der Waals surface area (Å²) in [5, 5.41) is 114. The van der Waals surface area contributed by atoms with Gasteiger partial charge in [0.25, 0.3) is 23.6 Å². The second-order valence-corrected chi connectivity index (χ2v) is 23.0. The maximum Gasteiger partial charge on any atom is 0.373 e. The van der Waals surface area contributed by atoms with Crippen LogP contribution in [-0.4, -0.2) is 307 Å². The number of carbonyl (C=O) groups excluding carboxylic acids is 16. The molecule has 0 fully saturated rings. The monoisotopic (exact) mass is 1830 g/mol. The SMILES string of the molecule is C[18F].C[18F].C[18F].C[18F].O=C(O)CC[C@H](NC(=O)NCCCCCNC(=O)c1cccnn1)C(=O)O.O=C(O)CC[C@H](NC(=O)NCCCCCNC(=O)c1ccncn1)C(=O)O.O=C(O)CC[C@H](NC(=O)NCCCCCNC(=O)c1ccnnc1)C(=O)O.O=C(O)CC[C@H](NC(=O)NCCCCCNC(=O)c1cncnc1)C(=O)O.O=C=O.O=C=O.O=C=O.O=C=O. The molecule has 0 saturated carbocycles. The standard InChI is InChI=1S/4C16H23N5O6.4CH3F.4CO2/c22-13(23)7-6-12(15(25)26)20-16(27)18-9-3-1-2-8-17-14(24)11-5-4-10-19-21-11;22-13(23)5-4-12(15(25)26)21-16(27)19-8-3-1-2-7-18-14(24)11-6-9-17-10-20-11;22-13(23)5-4-12(15(25)26)21-16(27)18-8-3-1-2-7-17-14(24)11-6-9-19-20-10-11;22-13(23)5-4-12(15(25)26)21-16(27)20-7-3-1-2-6-19-14(24)11-8-17-10-18-9-11;4*1-2;4*2-1-3/h4-5,10,12H,1-3,6-9H2,(H,17,24)(H,22,23)(H,25,26)(H2,18,20,27);6,9-10,12H,1-5,7-8H2,(H,18,24)(H,22,23)(H,25,26)(H2,19,21,27);6,9-10,12H,1-5,7-8H2,(H,17,24)(H,22,23)(H,25,26)(H2,18,21,27);8-10,12H,1-7H2,(H,19,24)(H,22,23)(H,25,26)(H2,20,21,27);4*1H3;;;;/t4*12-;;;;;;;;/m0000......../s1/i;;;;4*2-1;;;;. The molecule has 0 bridgehead atoms. The van der Waals surface area contributed by atoms with E-state index in [2.05, 4.69) is 104 Å². The van der Waals surface area contributed by atoms with Crippen LogP contribution >= 0.6 is 0 Å². The number of carbonyl (C=O) groups is 16. The molecule has 712 valence electrons. The smallest absolute Gasteiger partial charge is 0.373 e. The zero-order valence-electron chi connectivity index (χ0n) is 69.5. The molecule has 0 saturated heterocycles. The number of nitrogens with zero attached hydrogens (tertiary/aromatic N) is 8. The van der Waals surface area contributed by atoms with Gasteiger partial charge in [0.1, 0.15) is 42.5 Å². The summed E-state index contributed by atoms with van der Waals surface area (Å²) in [6.45, 7) is 3.19. The number of carboxylic acid groups (broad SMARTS) is 8. The molecule has 0 unspecified atom stereocenters. The molecule has 4 rings (SSSR count). The van der Waals surface area contributed by atoms with E-state index < -0.39 is 96.0 Å². The Morgan fingerprint density at radius 1 is 0.305 bits per heavy atom. The molecule has 4 atom stereocenters. The van der Waals surface area contributed by atoms with E-state index in [1.54, 1.807) is 18.2 Å². The van der Waals surface area contributed by atoms with Gasteiger partial charge < -0.3 is 105 Å². The summed E-state index contributed by atoms with van der Waals surface area (Å²) in [5.41, 5.74) is 1.34. The highest BCUT2D eigenvalue weighted by molar-refractivity contribution is 5.95. The van der Waals surface area contributed by atoms with Gasteiger partial charge in [0.2, 0.25) is 0 Å². The van der Waals surface area contributed by atoms with Crippen LogP contribution in [0.2, 0.25) is 0 Å². The summed E-state index contributed by atoms with van der Waals surface area (Å²) in [4.78, 5) is 259. The summed E-state index contributed by atoms with van der Waals surface area (Å²) in [5.74, 6) is -10.7. The van der Waals surface area contributed by atoms with Gasteiger partial charge in [-0.1, -0.05) is 0 Å². The van der Waals surface area contributed by atoms with Gasteiger partial charge in [0, 0.05) is 103 Å². The molecule has 20 N–H and O–H groups in total. The Labute approximate surface area is 725 Å². The fourth-order valence-electron chi connectivity index (χ4n) is 8.33. The van der Waals surface area contributed by atoms with Gasteiger partial charge in [-0.15, -0.1) is 5.10 Å². The zero-order valence-corrected chi connectivity index (χ0v) is 69.5. The van der Waals surface area contributed by atoms with Crippen LogP contribution in [0.4, 0.5) is 36.7 Å². The van der Waals surface area contributed by atoms with Gasteiger partial charge in [-0.05, 0) is 127 Å². The first-order chi connectivity index (χ1) is 61.2. The van der Waals surface area contributed by atoms with Crippen molar-refractivity contribution in [2.45, 2.75) is 153 Å². The Hall–Kier alpha value is -15.7. The number of nitrogens with one attached hydrogen (secondary N) is 12. The predicted octanol–water partition coefficient (Wildman–Crippen LogP) is -0.0156. The lowest BCUT2D eigenvalue weighted by Crippen LogP contribution is -2.46. The van der Waals surface area contributed by atoms with Crippen LogP contribution in [0.25, 0.3) is 0 Å². The first-order valence-corrected chi connectivity index (χ1v) is 36.9. The number of hydrogen-bond donors (Lipinski definition) is 20. The lowest BCUT2D eigenvalue weighted by atomic mass is 10.1. The first-order valence-electron chi connectivity index (χ1n) is 36.9. The maximum absolute atomic E-state index is 11.7. The topological polar surface area (TPSA) is 819 Å². The quantitative estimate of drug-likeness (QED) is 0.0204. The van der Waals surface area contributed by atoms with Gasteiger partial charge in [0.05, 0.1) is 52.2 Å². The van der Waals surface area contributed by atoms with Gasteiger partial charge >= 0.3 is 96.5 Å². The van der Waals surface area contributed by atoms with Crippen molar-refractivity contribution >= 4 is 120 Å². The number of aliphatic carboxylic acids is 8. The van der Waals surface area contributed by atoms with Crippen molar-refractivity contribution < 1.29 is 173 Å². The minimum atomic E-state index is -1.29. The van der Waals surface area contributed by atoms with Gasteiger partial charge in [-0.3, -0.25) is 55.9 Å². The Kier molecular flexibility index (Phi) is 93.4. The Balaban J connectivity index is -0.000000233. The number of alkyl halides is 4. The first kappa shape index (κ1) is 128. The highest BCUT2D eigenvalue weighted by atomic mass is 18.2. The molecule has 0 aliphatic heterocycles. The van der Waals surface area contributed by atoms with Crippen LogP contribution in [-0.2, 0) is 76.7 Å². The van der Waals surface area contributed by atoms with Crippen LogP contribution in [0, 0.1) is 0 Å². The average molecular weight is 1830 g/mol. The lowest BCUT2D eigenvalue weighted by Gasteiger charge is -2.14. The molecule has 4 heterocycles. The number of urea groups is 4. The third-order valence-corrected chi connectivity index (χ3v) is 14.0. The maximum atomic E-state index is 11.7. The highest BCUT2D eigenvalue weighted by Crippen LogP contribution is 2.05. The third-order valence-electron chi connectivity index (χ3n) is 14.0. The second-order valence-electron chi connectivity index (χ2n) is 23.0. The summed E-state index contributed by atoms with van der Waals surface area (Å²) in [7, 11) is 2.00. The van der Waals surface area contributed by atoms with Crippen LogP contribution in [0.1, 0.15) is 170 Å². The van der Waals surface area contributed by atoms with Gasteiger partial charge in [0.15, 0.2) is 5.69 Å². The van der Waals surface area contributed by atoms with Crippen molar-refractivity contribution in [2.75, 3.05) is 81.1 Å². The van der Waals surface area contributed by atoms with Crippen molar-refractivity contribution in [1.29, 1.82) is 0 Å². The molecule has 0 radical (unpaired) electrons. The number of amides is 12. The van der Waals surface area contributed by atoms with E-state index >= 15 is 0 Å². The fourth-order valence-corrected chi connectivity index (χ4v) is 8.33. The van der Waals surface area contributed by atoms with E-state index in [1.165, 1.54) is 55.9 Å². The van der Waals surface area contributed by atoms with E-state index in [4.69, 9.17) is 79.2 Å². The van der Waals surface area contributed by atoms with Crippen molar-refractivity contribution in [3.8, 4) is 0 Å². The number of rotatable bonds is 48. The summed E-state index contributed by atoms with van der Waals surface area (Å²) in [6.07, 6.45) is 18.5. The van der Waals surface area contributed by atoms with Crippen molar-refractivity contribution in [1.82, 2.24) is 104 Å². The largest absolute Gasteiger partial charge is 0.481 e. The van der Waals surface area contributed by atoms with Crippen molar-refractivity contribution in [3.05, 3.63) is 96.6 Å². The molecule has 12 amide bonds. The van der Waals surface area contributed by atoms with Crippen LogP contribution in [0.3, 0.4) is 0 Å². The molecule has 4 aromatic heterocycles. The average Bonchev–Trinajstić information content (AvgIpc) is 0.888. The molecular formula is C72H104F4N20O32. The molecule has 52 nitrogen and oxygen atoms in total. The van der Waals surface area contributed by atoms with E-state index in [1.807, 2.05) is 0 Å². The van der Waals surface area contributed by atoms with Crippen LogP contribution in [0.5, 0.6) is 0 Å². The molecule has 0 aliphatic carbocycles. The normalized spacial score (nSPS) is 9.94. The predicted molar refractivity (Wildman–Crippen MR) is 420 cm³/mol. The van der Waals surface area contributed by atoms with Crippen LogP contribution in [0.15, 0.2) is 74.1 Å². The van der Waals surface area contributed by atoms with E-state index in [0.717, 1.165) is 25.7 Å². The Morgan fingerprint density at radius 2 is 0.586 bits per heavy atom. The molecular weight excluding hydrogens is 1730 g/mol. The number of unbranched alkanes of at least 4 members (excludes halogenated alkanes) is 8. The third kappa shape index (κ3) is 85.3. The van der Waals surface area contributed by atoms with Crippen molar-refractivity contribution in [3.63, 3.8) is 0 Å². The van der Waals surface area contributed by atoms with Crippen LogP contribution < -0.4 is 63.8 Å². The molecule has 4 aromatic rings. The zero-order chi connectivity index (χ0) is 99.1. The summed E-state index contributed by atoms with van der Waals surface area (Å²) in [6, 6.07) is -1.40. The summed E-state index contributed by atoms with van der Waals surface area (Å²) >= 11 is 0. The van der Waals surface area contributed by atoms with Gasteiger partial charge in [-0.25, -0.2) is 58.3 Å². The van der Waals surface area contributed by atoms with Gasteiger partial charge in [-0.2, -0.15) is 53.7 Å². The number of aromatic nitrogens is 8. The van der Waals surface area contributed by atoms with E-state index in [0.29, 0.717) is 149 Å². The number of halogens is 4. The minimum absolute atomic E-state index is 0.190. The minimum Gasteiger partial charge on any atom is -0.481 e. The number of carboxylic acids is 8. The molecule has 0 aromatic carbocycles. The van der Waals surface area contributed by atoms with E-state index in [-0.39, 0.29) is 105 Å². The second kappa shape index (κ2) is 93.5. The summed E-state index contributed by atoms with van der Waals surface area (Å²) < 4.78 is 38.0. The lowest BCUT2D eigenvalue weighted by molar-refractivity contribution is -0.193. The highest BCUT2D eigenvalue weighted by Gasteiger charge is 2.25. The molecule has 0 aliphatic rings. The molecule has 0 spiro atoms. The molecule has 56 heteroatoms. The van der Waals surface area contributed by atoms with Crippen molar-refractivity contribution in [2.24, 2.45) is 0 Å². The Morgan fingerprint density at radius 3 is 0.836 bits per heavy atom. The Bertz CT molecular complexity index is 3410. The molecule has 128 heavy (non-hydrogen) atoms. The van der Waals surface area contributed by atoms with E-state index in [9.17, 15) is 94.3 Å². The fraction of sp³-hybridized carbons (Fsp3) is 0.500.